The molecule has 10 rings (SSSR count). The van der Waals surface area contributed by atoms with Gasteiger partial charge in [-0.3, -0.25) is 33.6 Å². The first-order chi connectivity index (χ1) is 37.9. The summed E-state index contributed by atoms with van der Waals surface area (Å²) in [5, 5.41) is 73.5. The van der Waals surface area contributed by atoms with Gasteiger partial charge in [0, 0.05) is 29.2 Å². The van der Waals surface area contributed by atoms with Gasteiger partial charge < -0.3 is 82.7 Å². The van der Waals surface area contributed by atoms with Crippen LogP contribution < -0.4 is 57.2 Å². The summed E-state index contributed by atoms with van der Waals surface area (Å²) < 4.78 is 18.6. The maximum atomic E-state index is 15.5. The van der Waals surface area contributed by atoms with Crippen LogP contribution >= 0.6 is 23.2 Å². The van der Waals surface area contributed by atoms with Crippen LogP contribution in [-0.2, 0) is 44.8 Å². The molecule has 0 aromatic heterocycles. The van der Waals surface area contributed by atoms with Gasteiger partial charge in [0.1, 0.15) is 65.1 Å². The van der Waals surface area contributed by atoms with Crippen LogP contribution in [0, 0.1) is 5.92 Å². The number of hydrogen-bond donors (Lipinski definition) is 13. The second-order valence-corrected chi connectivity index (χ2v) is 20.3. The Hall–Kier alpha value is -8.84. The average Bonchev–Trinajstić information content (AvgIpc) is 3.52. The Kier molecular flexibility index (Phi) is 16.9. The van der Waals surface area contributed by atoms with Crippen LogP contribution in [0.2, 0.25) is 10.0 Å². The third-order valence-electron chi connectivity index (χ3n) is 13.4. The summed E-state index contributed by atoms with van der Waals surface area (Å²) in [7, 11) is 2.82. The number of aliphatic hydroxyl groups is 1. The van der Waals surface area contributed by atoms with Crippen molar-refractivity contribution in [3.05, 3.63) is 117 Å². The monoisotopic (exact) mass is 1140 g/mol. The van der Waals surface area contributed by atoms with Crippen LogP contribution in [-0.4, -0.2) is 111 Å². The summed E-state index contributed by atoms with van der Waals surface area (Å²) in [5.41, 5.74) is 4.15. The van der Waals surface area contributed by atoms with Crippen LogP contribution in [0.15, 0.2) is 78.9 Å². The minimum Gasteiger partial charge on any atom is -0.508 e. The Morgan fingerprint density at radius 1 is 0.725 bits per heavy atom. The molecular weight excluding hydrogens is 1090 g/mol. The van der Waals surface area contributed by atoms with Crippen molar-refractivity contribution in [3.8, 4) is 57.1 Å². The average molecular weight is 1140 g/mol. The molecule has 0 aliphatic carbocycles. The van der Waals surface area contributed by atoms with Crippen molar-refractivity contribution < 1.29 is 78.1 Å². The number of ether oxygens (including phenoxy) is 3. The lowest BCUT2D eigenvalue weighted by Gasteiger charge is -2.31. The zero-order valence-electron chi connectivity index (χ0n) is 42.9. The third-order valence-corrected chi connectivity index (χ3v) is 14.0. The first-order valence-corrected chi connectivity index (χ1v) is 25.4. The van der Waals surface area contributed by atoms with Crippen LogP contribution in [0.3, 0.4) is 0 Å². The van der Waals surface area contributed by atoms with Crippen molar-refractivity contribution in [1.82, 2.24) is 37.2 Å². The number of benzene rings is 5. The number of carbonyl (C=O) groups is 8. The topological polar surface area (TPSA) is 376 Å². The Balaban J connectivity index is 1.36. The number of aromatic hydroxyl groups is 3. The number of fused-ring (bicyclic) bond motifs is 15. The number of phenols is 3. The van der Waals surface area contributed by atoms with Crippen molar-refractivity contribution in [1.29, 1.82) is 0 Å². The van der Waals surface area contributed by atoms with Gasteiger partial charge in [-0.25, -0.2) is 4.79 Å². The van der Waals surface area contributed by atoms with E-state index in [2.05, 4.69) is 37.2 Å². The first-order valence-electron chi connectivity index (χ1n) is 24.7. The van der Waals surface area contributed by atoms with Crippen LogP contribution in [0.4, 0.5) is 0 Å². The number of methoxy groups -OCH3 is 1. The van der Waals surface area contributed by atoms with Gasteiger partial charge in [-0.05, 0) is 96.2 Å². The summed E-state index contributed by atoms with van der Waals surface area (Å²) in [6, 6.07) is 3.15. The number of carbonyl (C=O) groups excluding carboxylic acids is 7. The van der Waals surface area contributed by atoms with Crippen LogP contribution in [0.1, 0.15) is 78.7 Å². The lowest BCUT2D eigenvalue weighted by atomic mass is 9.89. The summed E-state index contributed by atoms with van der Waals surface area (Å²) in [6.07, 6.45) is -2.81. The molecule has 5 aliphatic heterocycles. The highest BCUT2D eigenvalue weighted by Gasteiger charge is 2.41. The molecule has 8 unspecified atom stereocenters. The van der Waals surface area contributed by atoms with E-state index < -0.39 is 131 Å². The standard InChI is InChI=1S/C54H54Cl2N8O16/c1-21(2)11-31(58-3)48(70)59-32-13-22-5-9-36(29(55)12-22)79-38-16-25-17-39(47(38)78-4)80-37-10-7-24(15-30(37)56)46(69)45-53(75)63-44(54(76)77)28-18-26(65)19-35(67)41(28)27-14-23(6-8-34(27)66)42(51(73)64-45)62-52(74)43(25)61-50(72)33(20-40(57)68)60-49(32)71/h5-10,12,14-19,21,31-33,42-46,58,65-67,69H,11,13,20H2,1-4H3,(H2,57,68)(H,59,70)(H,60,71)(H,61,72)(H,62,74)(H,63,75)(H,64,73)(H,76,77). The molecule has 5 heterocycles. The van der Waals surface area contributed by atoms with Gasteiger partial charge in [-0.15, -0.1) is 0 Å². The van der Waals surface area contributed by atoms with E-state index in [1.54, 1.807) is 13.1 Å². The number of phenolic OH excluding ortho intramolecular Hbond substituents is 3. The number of carboxylic acid groups (broad SMARTS) is 1. The zero-order chi connectivity index (χ0) is 58.0. The summed E-state index contributed by atoms with van der Waals surface area (Å²) in [6.45, 7) is 3.79. The van der Waals surface area contributed by atoms with Gasteiger partial charge in [0.05, 0.1) is 29.6 Å². The molecule has 26 heteroatoms. The molecule has 14 N–H and O–H groups in total. The number of rotatable bonds is 9. The molecule has 24 nitrogen and oxygen atoms in total. The number of hydrogen-bond acceptors (Lipinski definition) is 16. The predicted octanol–water partition coefficient (Wildman–Crippen LogP) is 3.21. The van der Waals surface area contributed by atoms with Crippen molar-refractivity contribution >= 4 is 70.5 Å². The fourth-order valence-corrected chi connectivity index (χ4v) is 9.97. The number of nitrogens with one attached hydrogen (secondary N) is 7. The molecule has 5 aromatic carbocycles. The van der Waals surface area contributed by atoms with Gasteiger partial charge in [-0.2, -0.15) is 0 Å². The quantitative estimate of drug-likeness (QED) is 0.101. The maximum Gasteiger partial charge on any atom is 0.330 e. The molecule has 420 valence electrons. The number of likely N-dealkylation sites (N-methyl/N-ethyl adjacent to an activating group) is 1. The van der Waals surface area contributed by atoms with E-state index in [4.69, 9.17) is 43.1 Å². The van der Waals surface area contributed by atoms with E-state index in [0.717, 1.165) is 30.3 Å². The smallest absolute Gasteiger partial charge is 0.330 e. The fraction of sp³-hybridized carbons (Fsp3) is 0.296. The summed E-state index contributed by atoms with van der Waals surface area (Å²) in [4.78, 5) is 114. The van der Waals surface area contributed by atoms with Crippen LogP contribution in [0.5, 0.6) is 46.0 Å². The Morgan fingerprint density at radius 2 is 1.35 bits per heavy atom. The number of primary amides is 1. The lowest BCUT2D eigenvalue weighted by Crippen LogP contribution is -2.58. The van der Waals surface area contributed by atoms with Crippen molar-refractivity contribution in [2.24, 2.45) is 11.7 Å². The number of halogens is 2. The molecule has 0 saturated carbocycles. The molecule has 8 atom stereocenters. The van der Waals surface area contributed by atoms with Crippen molar-refractivity contribution in [3.63, 3.8) is 0 Å². The normalized spacial score (nSPS) is 21.4. The van der Waals surface area contributed by atoms with E-state index in [1.165, 1.54) is 49.6 Å². The molecule has 5 aromatic rings. The molecule has 11 bridgehead atoms. The van der Waals surface area contributed by atoms with Crippen LogP contribution in [0.25, 0.3) is 11.1 Å². The molecule has 0 fully saturated rings. The number of aliphatic carboxylic acids is 1. The summed E-state index contributed by atoms with van der Waals surface area (Å²) in [5.74, 6) is -12.4. The third kappa shape index (κ3) is 12.2. The minimum absolute atomic E-state index is 0.0182. The Labute approximate surface area is 465 Å². The number of nitrogens with two attached hydrogens (primary N) is 1. The molecule has 80 heavy (non-hydrogen) atoms. The SMILES string of the molecule is CNC(CC(C)C)C(=O)NC1Cc2ccc(c(Cl)c2)Oc2cc3cc(c2OC)Oc2ccc(cc2Cl)C(O)C2NC(=O)C(NC(=O)C3NC(=O)C(CC(N)=O)NC1=O)c1ccc(O)c(c1)-c1c(O)cc(O)cc1C(C(=O)O)NC2=O. The molecule has 7 amide bonds. The fourth-order valence-electron chi connectivity index (χ4n) is 9.50. The van der Waals surface area contributed by atoms with Crippen molar-refractivity contribution in [2.75, 3.05) is 14.2 Å². The van der Waals surface area contributed by atoms with E-state index in [9.17, 15) is 54.3 Å². The zero-order valence-corrected chi connectivity index (χ0v) is 44.4. The molecule has 5 aliphatic rings. The first kappa shape index (κ1) is 57.3. The van der Waals surface area contributed by atoms with Gasteiger partial charge >= 0.3 is 5.97 Å². The predicted molar refractivity (Wildman–Crippen MR) is 284 cm³/mol. The van der Waals surface area contributed by atoms with Gasteiger partial charge in [-0.1, -0.05) is 55.2 Å². The molecule has 0 radical (unpaired) electrons. The van der Waals surface area contributed by atoms with Crippen molar-refractivity contribution in [2.45, 2.75) is 81.5 Å². The van der Waals surface area contributed by atoms with E-state index in [-0.39, 0.29) is 73.4 Å². The minimum atomic E-state index is -2.15. The van der Waals surface area contributed by atoms with Gasteiger partial charge in [0.15, 0.2) is 17.5 Å². The van der Waals surface area contributed by atoms with E-state index in [1.807, 2.05) is 13.8 Å². The Bertz CT molecular complexity index is 3360. The van der Waals surface area contributed by atoms with Gasteiger partial charge in [0.25, 0.3) is 0 Å². The maximum absolute atomic E-state index is 15.5. The van der Waals surface area contributed by atoms with E-state index >= 15 is 9.59 Å². The van der Waals surface area contributed by atoms with E-state index in [0.29, 0.717) is 12.0 Å². The second kappa shape index (κ2) is 23.6. The molecular formula is C54H54Cl2N8O16. The highest BCUT2D eigenvalue weighted by atomic mass is 35.5. The lowest BCUT2D eigenvalue weighted by molar-refractivity contribution is -0.143. The Morgan fingerprint density at radius 3 is 1.96 bits per heavy atom. The van der Waals surface area contributed by atoms with Gasteiger partial charge in [0.2, 0.25) is 47.1 Å². The second-order valence-electron chi connectivity index (χ2n) is 19.5. The highest BCUT2D eigenvalue weighted by Crippen LogP contribution is 2.48. The number of carboxylic acids is 1. The number of amides is 7. The number of aliphatic hydroxyl groups excluding tert-OH is 1. The summed E-state index contributed by atoms with van der Waals surface area (Å²) >= 11 is 13.7. The highest BCUT2D eigenvalue weighted by molar-refractivity contribution is 6.32. The molecule has 0 spiro atoms. The largest absolute Gasteiger partial charge is 0.508 e. The molecule has 0 saturated heterocycles.